The van der Waals surface area contributed by atoms with Crippen LogP contribution in [-0.2, 0) is 4.79 Å². The smallest absolute Gasteiger partial charge is 0.266 e. The molecule has 0 aliphatic carbocycles. The van der Waals surface area contributed by atoms with Crippen LogP contribution in [0.15, 0.2) is 0 Å². The highest BCUT2D eigenvalue weighted by Gasteiger charge is 2.33. The fourth-order valence-electron chi connectivity index (χ4n) is 0.912. The molecule has 2 N–H and O–H groups in total. The molecule has 2 atom stereocenters. The van der Waals surface area contributed by atoms with Crippen LogP contribution in [0.4, 0.5) is 0 Å². The Morgan fingerprint density at radius 3 is 3.09 bits per heavy atom. The van der Waals surface area contributed by atoms with Crippen molar-refractivity contribution < 1.29 is 9.90 Å². The summed E-state index contributed by atoms with van der Waals surface area (Å²) in [5, 5.41) is 18.8. The van der Waals surface area contributed by atoms with Gasteiger partial charge in [-0.2, -0.15) is 5.26 Å². The van der Waals surface area contributed by atoms with Gasteiger partial charge in [-0.15, -0.1) is 0 Å². The standard InChI is InChI=1S/C6H9N3O2/c1-9-6(11)5(10)4(2-7)3-8-9/h4-5,8,10H,3H2,1H3. The summed E-state index contributed by atoms with van der Waals surface area (Å²) in [5.41, 5.74) is 2.66. The van der Waals surface area contributed by atoms with Crippen LogP contribution in [0.1, 0.15) is 0 Å². The monoisotopic (exact) mass is 155 g/mol. The van der Waals surface area contributed by atoms with Crippen LogP contribution in [0.2, 0.25) is 0 Å². The van der Waals surface area contributed by atoms with E-state index in [2.05, 4.69) is 5.43 Å². The van der Waals surface area contributed by atoms with Gasteiger partial charge in [0.1, 0.15) is 0 Å². The molecule has 0 aromatic carbocycles. The molecule has 11 heavy (non-hydrogen) atoms. The second-order valence-corrected chi connectivity index (χ2v) is 2.44. The lowest BCUT2D eigenvalue weighted by Crippen LogP contribution is -2.55. The number of hydrogen-bond donors (Lipinski definition) is 2. The van der Waals surface area contributed by atoms with Gasteiger partial charge in [0.25, 0.3) is 5.91 Å². The number of hydrazine groups is 1. The molecule has 0 spiro atoms. The third-order valence-corrected chi connectivity index (χ3v) is 1.68. The molecular formula is C6H9N3O2. The first-order valence-electron chi connectivity index (χ1n) is 3.25. The lowest BCUT2D eigenvalue weighted by molar-refractivity contribution is -0.148. The Morgan fingerprint density at radius 1 is 1.91 bits per heavy atom. The van der Waals surface area contributed by atoms with Gasteiger partial charge in [-0.05, 0) is 0 Å². The van der Waals surface area contributed by atoms with E-state index in [1.807, 2.05) is 6.07 Å². The van der Waals surface area contributed by atoms with Crippen LogP contribution < -0.4 is 5.43 Å². The second-order valence-electron chi connectivity index (χ2n) is 2.44. The average molecular weight is 155 g/mol. The van der Waals surface area contributed by atoms with Crippen LogP contribution in [-0.4, -0.2) is 35.7 Å². The quantitative estimate of drug-likeness (QED) is 0.444. The maximum absolute atomic E-state index is 11.0. The summed E-state index contributed by atoms with van der Waals surface area (Å²) in [4.78, 5) is 11.0. The number of hydrogen-bond acceptors (Lipinski definition) is 4. The largest absolute Gasteiger partial charge is 0.382 e. The molecular weight excluding hydrogens is 146 g/mol. The maximum Gasteiger partial charge on any atom is 0.266 e. The van der Waals surface area contributed by atoms with Gasteiger partial charge >= 0.3 is 0 Å². The van der Waals surface area contributed by atoms with Crippen molar-refractivity contribution in [3.05, 3.63) is 0 Å². The van der Waals surface area contributed by atoms with Crippen LogP contribution in [0.25, 0.3) is 0 Å². The molecule has 1 aliphatic heterocycles. The highest BCUT2D eigenvalue weighted by Crippen LogP contribution is 2.08. The molecule has 5 heteroatoms. The maximum atomic E-state index is 11.0. The van der Waals surface area contributed by atoms with Gasteiger partial charge in [0.15, 0.2) is 6.10 Å². The van der Waals surface area contributed by atoms with Crippen molar-refractivity contribution in [2.45, 2.75) is 6.10 Å². The highest BCUT2D eigenvalue weighted by molar-refractivity contribution is 5.81. The van der Waals surface area contributed by atoms with Crippen molar-refractivity contribution >= 4 is 5.91 Å². The predicted molar refractivity (Wildman–Crippen MR) is 35.9 cm³/mol. The minimum Gasteiger partial charge on any atom is -0.382 e. The van der Waals surface area contributed by atoms with Crippen LogP contribution in [0.5, 0.6) is 0 Å². The third-order valence-electron chi connectivity index (χ3n) is 1.68. The van der Waals surface area contributed by atoms with Crippen molar-refractivity contribution in [3.8, 4) is 6.07 Å². The van der Waals surface area contributed by atoms with E-state index >= 15 is 0 Å². The van der Waals surface area contributed by atoms with E-state index in [9.17, 15) is 4.79 Å². The van der Waals surface area contributed by atoms with E-state index in [-0.39, 0.29) is 0 Å². The molecule has 0 saturated carbocycles. The fourth-order valence-corrected chi connectivity index (χ4v) is 0.912. The Labute approximate surface area is 64.2 Å². The number of aliphatic hydroxyl groups is 1. The van der Waals surface area contributed by atoms with Crippen molar-refractivity contribution in [1.29, 1.82) is 5.26 Å². The van der Waals surface area contributed by atoms with Crippen LogP contribution in [0, 0.1) is 17.2 Å². The zero-order valence-corrected chi connectivity index (χ0v) is 6.11. The van der Waals surface area contributed by atoms with Gasteiger partial charge in [-0.25, -0.2) is 5.43 Å². The Bertz CT molecular complexity index is 210. The van der Waals surface area contributed by atoms with Gasteiger partial charge in [-0.3, -0.25) is 9.80 Å². The molecule has 5 nitrogen and oxygen atoms in total. The number of nitrogens with one attached hydrogen (secondary N) is 1. The molecule has 1 amide bonds. The van der Waals surface area contributed by atoms with Crippen molar-refractivity contribution in [2.24, 2.45) is 5.92 Å². The zero-order chi connectivity index (χ0) is 8.43. The Morgan fingerprint density at radius 2 is 2.55 bits per heavy atom. The Hall–Kier alpha value is -1.12. The summed E-state index contributed by atoms with van der Waals surface area (Å²) in [6.07, 6.45) is -1.17. The summed E-state index contributed by atoms with van der Waals surface area (Å²) < 4.78 is 0. The number of amides is 1. The van der Waals surface area contributed by atoms with Gasteiger partial charge < -0.3 is 5.11 Å². The molecule has 0 aromatic heterocycles. The molecule has 1 heterocycles. The first-order valence-corrected chi connectivity index (χ1v) is 3.25. The van der Waals surface area contributed by atoms with Gasteiger partial charge in [-0.1, -0.05) is 0 Å². The molecule has 0 aromatic rings. The van der Waals surface area contributed by atoms with Crippen LogP contribution >= 0.6 is 0 Å². The molecule has 1 aliphatic rings. The fraction of sp³-hybridized carbons (Fsp3) is 0.667. The molecule has 2 unspecified atom stereocenters. The SMILES string of the molecule is CN1NCC(C#N)C(O)C1=O. The van der Waals surface area contributed by atoms with Gasteiger partial charge in [0.2, 0.25) is 0 Å². The number of likely N-dealkylation sites (N-methyl/N-ethyl adjacent to an activating group) is 1. The van der Waals surface area contributed by atoms with Gasteiger partial charge in [0.05, 0.1) is 12.0 Å². The Balaban J connectivity index is 2.68. The summed E-state index contributed by atoms with van der Waals surface area (Å²) in [6, 6.07) is 1.84. The van der Waals surface area contributed by atoms with E-state index < -0.39 is 17.9 Å². The predicted octanol–water partition coefficient (Wildman–Crippen LogP) is -1.54. The molecule has 0 bridgehead atoms. The van der Waals surface area contributed by atoms with Crippen molar-refractivity contribution in [3.63, 3.8) is 0 Å². The van der Waals surface area contributed by atoms with Crippen LogP contribution in [0.3, 0.4) is 0 Å². The number of carbonyl (C=O) groups excluding carboxylic acids is 1. The number of rotatable bonds is 0. The second kappa shape index (κ2) is 2.86. The molecule has 1 saturated heterocycles. The van der Waals surface area contributed by atoms with Crippen molar-refractivity contribution in [2.75, 3.05) is 13.6 Å². The third kappa shape index (κ3) is 1.31. The number of aliphatic hydroxyl groups excluding tert-OH is 1. The van der Waals surface area contributed by atoms with E-state index in [0.29, 0.717) is 6.54 Å². The van der Waals surface area contributed by atoms with E-state index in [4.69, 9.17) is 10.4 Å². The summed E-state index contributed by atoms with van der Waals surface area (Å²) >= 11 is 0. The van der Waals surface area contributed by atoms with Crippen molar-refractivity contribution in [1.82, 2.24) is 10.4 Å². The number of carbonyl (C=O) groups is 1. The minimum absolute atomic E-state index is 0.319. The number of nitrogens with zero attached hydrogens (tertiary/aromatic N) is 2. The molecule has 1 rings (SSSR count). The number of nitriles is 1. The topological polar surface area (TPSA) is 76.4 Å². The Kier molecular flexibility index (Phi) is 2.08. The lowest BCUT2D eigenvalue weighted by atomic mass is 10.0. The minimum atomic E-state index is -1.17. The molecule has 1 fully saturated rings. The normalized spacial score (nSPS) is 31.7. The molecule has 60 valence electrons. The average Bonchev–Trinajstić information content (AvgIpc) is 2.01. The van der Waals surface area contributed by atoms with E-state index in [1.54, 1.807) is 0 Å². The first-order chi connectivity index (χ1) is 5.16. The van der Waals surface area contributed by atoms with E-state index in [0.717, 1.165) is 0 Å². The molecule has 0 radical (unpaired) electrons. The summed E-state index contributed by atoms with van der Waals surface area (Å²) in [6.45, 7) is 0.319. The summed E-state index contributed by atoms with van der Waals surface area (Å²) in [5.74, 6) is -1.08. The highest BCUT2D eigenvalue weighted by atomic mass is 16.3. The van der Waals surface area contributed by atoms with Gasteiger partial charge in [0, 0.05) is 13.6 Å². The lowest BCUT2D eigenvalue weighted by Gasteiger charge is -2.29. The zero-order valence-electron chi connectivity index (χ0n) is 6.11. The first kappa shape index (κ1) is 7.98. The summed E-state index contributed by atoms with van der Waals surface area (Å²) in [7, 11) is 1.51. The van der Waals surface area contributed by atoms with E-state index in [1.165, 1.54) is 12.1 Å².